The Hall–Kier alpha value is -3.81. The van der Waals surface area contributed by atoms with Crippen LogP contribution in [0.3, 0.4) is 0 Å². The third-order valence-corrected chi connectivity index (χ3v) is 4.67. The molecule has 3 aromatic rings. The standard InChI is InChI=1S/C22H25N5O3/c1-26(2)17-10-8-16(9-11-17)24-21(28)22(29)25-19(20-23-12-13-27(20)3)15-6-5-7-18(14-15)30-4/h5-14,19H,1-4H3,(H,24,28)(H,25,29). The van der Waals surface area contributed by atoms with Crippen LogP contribution < -0.4 is 20.3 Å². The molecule has 0 aliphatic carbocycles. The Bertz CT molecular complexity index is 1030. The molecule has 30 heavy (non-hydrogen) atoms. The average molecular weight is 407 g/mol. The van der Waals surface area contributed by atoms with Crippen LogP contribution in [0.5, 0.6) is 5.75 Å². The second-order valence-electron chi connectivity index (χ2n) is 6.97. The normalized spacial score (nSPS) is 11.5. The first-order valence-corrected chi connectivity index (χ1v) is 9.39. The molecule has 1 unspecified atom stereocenters. The molecule has 0 bridgehead atoms. The maximum absolute atomic E-state index is 12.7. The van der Waals surface area contributed by atoms with E-state index in [-0.39, 0.29) is 0 Å². The fraction of sp³-hybridized carbons (Fsp3) is 0.227. The largest absolute Gasteiger partial charge is 0.497 e. The average Bonchev–Trinajstić information content (AvgIpc) is 3.17. The summed E-state index contributed by atoms with van der Waals surface area (Å²) in [5, 5.41) is 5.41. The van der Waals surface area contributed by atoms with E-state index in [4.69, 9.17) is 4.74 Å². The Morgan fingerprint density at radius 2 is 1.83 bits per heavy atom. The summed E-state index contributed by atoms with van der Waals surface area (Å²) in [5.74, 6) is -0.275. The van der Waals surface area contributed by atoms with Gasteiger partial charge in [0, 0.05) is 44.9 Å². The van der Waals surface area contributed by atoms with Crippen molar-refractivity contribution in [2.75, 3.05) is 31.4 Å². The van der Waals surface area contributed by atoms with Crippen molar-refractivity contribution in [3.05, 3.63) is 72.3 Å². The number of aryl methyl sites for hydroxylation is 1. The molecule has 8 heteroatoms. The maximum atomic E-state index is 12.7. The van der Waals surface area contributed by atoms with Crippen molar-refractivity contribution >= 4 is 23.2 Å². The molecule has 2 aromatic carbocycles. The molecule has 1 atom stereocenters. The number of rotatable bonds is 6. The number of carbonyl (C=O) groups excluding carboxylic acids is 2. The van der Waals surface area contributed by atoms with E-state index in [9.17, 15) is 9.59 Å². The molecule has 2 amide bonds. The number of amides is 2. The van der Waals surface area contributed by atoms with Gasteiger partial charge in [-0.2, -0.15) is 0 Å². The lowest BCUT2D eigenvalue weighted by atomic mass is 10.1. The van der Waals surface area contributed by atoms with Gasteiger partial charge in [0.15, 0.2) is 0 Å². The predicted molar refractivity (Wildman–Crippen MR) is 116 cm³/mol. The van der Waals surface area contributed by atoms with E-state index in [2.05, 4.69) is 15.6 Å². The monoisotopic (exact) mass is 407 g/mol. The SMILES string of the molecule is COc1cccc(C(NC(=O)C(=O)Nc2ccc(N(C)C)cc2)c2nccn2C)c1. The van der Waals surface area contributed by atoms with Gasteiger partial charge >= 0.3 is 11.8 Å². The first-order valence-electron chi connectivity index (χ1n) is 9.39. The first-order chi connectivity index (χ1) is 14.4. The van der Waals surface area contributed by atoms with E-state index < -0.39 is 17.9 Å². The number of benzene rings is 2. The van der Waals surface area contributed by atoms with Gasteiger partial charge in [-0.3, -0.25) is 9.59 Å². The van der Waals surface area contributed by atoms with Crippen molar-refractivity contribution in [2.45, 2.75) is 6.04 Å². The minimum absolute atomic E-state index is 0.538. The van der Waals surface area contributed by atoms with Crippen LogP contribution in [-0.2, 0) is 16.6 Å². The van der Waals surface area contributed by atoms with Gasteiger partial charge in [0.1, 0.15) is 17.6 Å². The van der Waals surface area contributed by atoms with Gasteiger partial charge < -0.3 is 24.8 Å². The van der Waals surface area contributed by atoms with E-state index in [0.29, 0.717) is 17.3 Å². The topological polar surface area (TPSA) is 88.5 Å². The van der Waals surface area contributed by atoms with Crippen LogP contribution in [0.25, 0.3) is 0 Å². The smallest absolute Gasteiger partial charge is 0.313 e. The molecule has 0 saturated heterocycles. The van der Waals surface area contributed by atoms with Crippen LogP contribution >= 0.6 is 0 Å². The fourth-order valence-electron chi connectivity index (χ4n) is 3.00. The fourth-order valence-corrected chi connectivity index (χ4v) is 3.00. The third kappa shape index (κ3) is 4.78. The van der Waals surface area contributed by atoms with Gasteiger partial charge in [-0.05, 0) is 42.0 Å². The molecule has 0 saturated carbocycles. The minimum Gasteiger partial charge on any atom is -0.497 e. The molecule has 0 spiro atoms. The van der Waals surface area contributed by atoms with Crippen molar-refractivity contribution < 1.29 is 14.3 Å². The number of aromatic nitrogens is 2. The Kier molecular flexibility index (Phi) is 6.36. The van der Waals surface area contributed by atoms with Crippen LogP contribution in [0.4, 0.5) is 11.4 Å². The molecule has 3 rings (SSSR count). The Balaban J connectivity index is 1.79. The number of hydrogen-bond acceptors (Lipinski definition) is 5. The van der Waals surface area contributed by atoms with Gasteiger partial charge in [0.05, 0.1) is 7.11 Å². The summed E-state index contributed by atoms with van der Waals surface area (Å²) in [5.41, 5.74) is 2.28. The molecular formula is C22H25N5O3. The summed E-state index contributed by atoms with van der Waals surface area (Å²) in [6.45, 7) is 0. The maximum Gasteiger partial charge on any atom is 0.313 e. The zero-order valence-corrected chi connectivity index (χ0v) is 17.4. The third-order valence-electron chi connectivity index (χ3n) is 4.67. The van der Waals surface area contributed by atoms with Crippen LogP contribution in [0.2, 0.25) is 0 Å². The Labute approximate surface area is 175 Å². The number of carbonyl (C=O) groups is 2. The summed E-state index contributed by atoms with van der Waals surface area (Å²) in [6, 6.07) is 13.9. The summed E-state index contributed by atoms with van der Waals surface area (Å²) in [6.07, 6.45) is 3.42. The summed E-state index contributed by atoms with van der Waals surface area (Å²) >= 11 is 0. The number of anilines is 2. The molecule has 1 aromatic heterocycles. The zero-order valence-electron chi connectivity index (χ0n) is 17.4. The van der Waals surface area contributed by atoms with Crippen LogP contribution in [0.15, 0.2) is 60.9 Å². The van der Waals surface area contributed by atoms with Crippen molar-refractivity contribution in [3.63, 3.8) is 0 Å². The molecule has 0 fully saturated rings. The van der Waals surface area contributed by atoms with Gasteiger partial charge in [0.2, 0.25) is 0 Å². The van der Waals surface area contributed by atoms with E-state index in [1.807, 2.05) is 56.4 Å². The summed E-state index contributed by atoms with van der Waals surface area (Å²) in [4.78, 5) is 31.4. The Morgan fingerprint density at radius 1 is 1.10 bits per heavy atom. The van der Waals surface area contributed by atoms with Crippen molar-refractivity contribution in [1.82, 2.24) is 14.9 Å². The molecule has 0 aliphatic heterocycles. The second kappa shape index (κ2) is 9.13. The second-order valence-corrected chi connectivity index (χ2v) is 6.97. The summed E-state index contributed by atoms with van der Waals surface area (Å²) < 4.78 is 7.08. The molecule has 8 nitrogen and oxygen atoms in total. The molecule has 0 radical (unpaired) electrons. The highest BCUT2D eigenvalue weighted by atomic mass is 16.5. The van der Waals surface area contributed by atoms with Crippen LogP contribution in [0.1, 0.15) is 17.4 Å². The van der Waals surface area contributed by atoms with E-state index in [1.54, 1.807) is 42.3 Å². The molecular weight excluding hydrogens is 382 g/mol. The minimum atomic E-state index is -0.762. The van der Waals surface area contributed by atoms with E-state index in [0.717, 1.165) is 11.3 Å². The Morgan fingerprint density at radius 3 is 2.43 bits per heavy atom. The quantitative estimate of drug-likeness (QED) is 0.613. The zero-order chi connectivity index (χ0) is 21.7. The highest BCUT2D eigenvalue weighted by molar-refractivity contribution is 6.39. The predicted octanol–water partition coefficient (Wildman–Crippen LogP) is 2.34. The number of methoxy groups -OCH3 is 1. The highest BCUT2D eigenvalue weighted by Crippen LogP contribution is 2.24. The molecule has 156 valence electrons. The lowest BCUT2D eigenvalue weighted by Gasteiger charge is -2.19. The number of ether oxygens (including phenoxy) is 1. The molecule has 1 heterocycles. The summed E-state index contributed by atoms with van der Waals surface area (Å²) in [7, 11) is 7.26. The van der Waals surface area contributed by atoms with Crippen molar-refractivity contribution in [1.29, 1.82) is 0 Å². The van der Waals surface area contributed by atoms with Gasteiger partial charge in [-0.25, -0.2) is 4.98 Å². The van der Waals surface area contributed by atoms with Crippen LogP contribution in [-0.4, -0.2) is 42.6 Å². The van der Waals surface area contributed by atoms with Gasteiger partial charge in [-0.1, -0.05) is 12.1 Å². The van der Waals surface area contributed by atoms with Crippen molar-refractivity contribution in [3.8, 4) is 5.75 Å². The molecule has 2 N–H and O–H groups in total. The van der Waals surface area contributed by atoms with E-state index in [1.165, 1.54) is 0 Å². The van der Waals surface area contributed by atoms with Crippen LogP contribution in [0, 0.1) is 0 Å². The lowest BCUT2D eigenvalue weighted by molar-refractivity contribution is -0.136. The molecule has 0 aliphatic rings. The number of nitrogens with one attached hydrogen (secondary N) is 2. The first kappa shape index (κ1) is 20.9. The number of nitrogens with zero attached hydrogens (tertiary/aromatic N) is 3. The van der Waals surface area contributed by atoms with Gasteiger partial charge in [-0.15, -0.1) is 0 Å². The van der Waals surface area contributed by atoms with Crippen molar-refractivity contribution in [2.24, 2.45) is 7.05 Å². The van der Waals surface area contributed by atoms with Gasteiger partial charge in [0.25, 0.3) is 0 Å². The highest BCUT2D eigenvalue weighted by Gasteiger charge is 2.24. The lowest BCUT2D eigenvalue weighted by Crippen LogP contribution is -2.39. The number of imidazole rings is 1. The van der Waals surface area contributed by atoms with E-state index >= 15 is 0 Å². The number of hydrogen-bond donors (Lipinski definition) is 2.